The molecule has 7 heteroatoms. The predicted octanol–water partition coefficient (Wildman–Crippen LogP) is 2.30. The highest BCUT2D eigenvalue weighted by Crippen LogP contribution is 2.16. The van der Waals surface area contributed by atoms with E-state index in [9.17, 15) is 13.2 Å². The lowest BCUT2D eigenvalue weighted by Crippen LogP contribution is -2.28. The first-order chi connectivity index (χ1) is 10.5. The van der Waals surface area contributed by atoms with E-state index in [1.54, 1.807) is 24.7 Å². The third-order valence-electron chi connectivity index (χ3n) is 3.47. The van der Waals surface area contributed by atoms with Gasteiger partial charge >= 0.3 is 0 Å². The number of hydrogen-bond acceptors (Lipinski definition) is 4. The maximum absolute atomic E-state index is 12.2. The summed E-state index contributed by atoms with van der Waals surface area (Å²) in [5.41, 5.74) is 2.26. The molecule has 0 aliphatic heterocycles. The van der Waals surface area contributed by atoms with Gasteiger partial charge in [-0.15, -0.1) is 0 Å². The van der Waals surface area contributed by atoms with Gasteiger partial charge in [-0.2, -0.15) is 0 Å². The second-order valence-electron chi connectivity index (χ2n) is 5.17. The molecule has 0 radical (unpaired) electrons. The average molecular weight is 328 g/mol. The number of anilines is 1. The van der Waals surface area contributed by atoms with Gasteiger partial charge in [-0.1, -0.05) is 37.5 Å². The monoisotopic (exact) mass is 328 g/mol. The van der Waals surface area contributed by atoms with Crippen LogP contribution in [0, 0.1) is 0 Å². The number of carbonyl (C=O) groups is 1. The first-order valence-corrected chi connectivity index (χ1v) is 9.03. The first-order valence-electron chi connectivity index (χ1n) is 7.42. The molecule has 6 nitrogen and oxygen atoms in total. The van der Waals surface area contributed by atoms with Gasteiger partial charge < -0.3 is 0 Å². The minimum atomic E-state index is -3.29. The topological polar surface area (TPSA) is 86.7 Å². The quantitative estimate of drug-likeness (QED) is 0.392. The molecule has 0 spiro atoms. The van der Waals surface area contributed by atoms with Crippen molar-refractivity contribution < 1.29 is 18.4 Å². The van der Waals surface area contributed by atoms with Crippen molar-refractivity contribution in [3.05, 3.63) is 30.3 Å². The van der Waals surface area contributed by atoms with Crippen molar-refractivity contribution in [2.75, 3.05) is 17.1 Å². The highest BCUT2D eigenvalue weighted by atomic mass is 32.2. The fourth-order valence-electron chi connectivity index (χ4n) is 2.09. The van der Waals surface area contributed by atoms with Crippen LogP contribution in [0.1, 0.15) is 38.5 Å². The second-order valence-corrected chi connectivity index (χ2v) is 7.29. The van der Waals surface area contributed by atoms with E-state index in [2.05, 4.69) is 0 Å². The van der Waals surface area contributed by atoms with E-state index in [1.807, 2.05) is 18.2 Å². The number of nitrogens with one attached hydrogen (secondary N) is 1. The molecule has 1 rings (SSSR count). The Morgan fingerprint density at radius 1 is 1.09 bits per heavy atom. The minimum absolute atomic E-state index is 0.121. The molecule has 0 unspecified atom stereocenters. The molecular formula is C15H24N2O4S. The van der Waals surface area contributed by atoms with Gasteiger partial charge in [-0.25, -0.2) is 13.9 Å². The standard InChI is InChI=1S/C15H24N2O4S/c1-17(14-10-6-5-7-11-14)22(20,21)13-9-4-2-3-8-12-15(18)16-19/h5-7,10-11,19H,2-4,8-9,12-13H2,1H3,(H,16,18). The maximum atomic E-state index is 12.2. The predicted molar refractivity (Wildman–Crippen MR) is 86.3 cm³/mol. The van der Waals surface area contributed by atoms with Gasteiger partial charge in [0.2, 0.25) is 15.9 Å². The van der Waals surface area contributed by atoms with Crippen LogP contribution in [0.25, 0.3) is 0 Å². The Kier molecular flexibility index (Phi) is 7.90. The van der Waals surface area contributed by atoms with Crippen molar-refractivity contribution in [1.29, 1.82) is 0 Å². The van der Waals surface area contributed by atoms with Gasteiger partial charge in [0, 0.05) is 13.5 Å². The Bertz CT molecular complexity index is 546. The Morgan fingerprint density at radius 2 is 1.68 bits per heavy atom. The molecule has 1 aromatic rings. The number of carbonyl (C=O) groups excluding carboxylic acids is 1. The number of hydroxylamine groups is 1. The van der Waals surface area contributed by atoms with E-state index in [-0.39, 0.29) is 11.7 Å². The van der Waals surface area contributed by atoms with Crippen LogP contribution in [0.3, 0.4) is 0 Å². The molecule has 0 heterocycles. The van der Waals surface area contributed by atoms with Crippen LogP contribution >= 0.6 is 0 Å². The van der Waals surface area contributed by atoms with Crippen LogP contribution in [0.2, 0.25) is 0 Å². The molecule has 1 aromatic carbocycles. The Labute approximate surface area is 132 Å². The summed E-state index contributed by atoms with van der Waals surface area (Å²) in [6.45, 7) is 0. The molecule has 0 saturated carbocycles. The van der Waals surface area contributed by atoms with Crippen LogP contribution in [-0.4, -0.2) is 32.3 Å². The zero-order valence-electron chi connectivity index (χ0n) is 12.9. The molecule has 0 saturated heterocycles. The van der Waals surface area contributed by atoms with Crippen molar-refractivity contribution in [2.24, 2.45) is 0 Å². The molecule has 2 N–H and O–H groups in total. The molecule has 0 aromatic heterocycles. The molecule has 124 valence electrons. The first kappa shape index (κ1) is 18.4. The van der Waals surface area contributed by atoms with E-state index < -0.39 is 10.0 Å². The molecule has 0 bridgehead atoms. The van der Waals surface area contributed by atoms with Crippen LogP contribution in [-0.2, 0) is 14.8 Å². The maximum Gasteiger partial charge on any atom is 0.243 e. The smallest absolute Gasteiger partial charge is 0.243 e. The van der Waals surface area contributed by atoms with Gasteiger partial charge in [0.05, 0.1) is 11.4 Å². The highest BCUT2D eigenvalue weighted by molar-refractivity contribution is 7.92. The summed E-state index contributed by atoms with van der Waals surface area (Å²) in [6.07, 6.45) is 4.13. The number of para-hydroxylation sites is 1. The fraction of sp³-hybridized carbons (Fsp3) is 0.533. The zero-order chi connectivity index (χ0) is 16.4. The summed E-state index contributed by atoms with van der Waals surface area (Å²) < 4.78 is 25.7. The van der Waals surface area contributed by atoms with E-state index in [4.69, 9.17) is 5.21 Å². The molecular weight excluding hydrogens is 304 g/mol. The second kappa shape index (κ2) is 9.42. The van der Waals surface area contributed by atoms with Gasteiger partial charge in [0.15, 0.2) is 0 Å². The summed E-state index contributed by atoms with van der Waals surface area (Å²) in [7, 11) is -1.72. The Hall–Kier alpha value is -1.60. The normalized spacial score (nSPS) is 11.2. The lowest BCUT2D eigenvalue weighted by Gasteiger charge is -2.19. The van der Waals surface area contributed by atoms with Crippen molar-refractivity contribution in [3.8, 4) is 0 Å². The van der Waals surface area contributed by atoms with Crippen LogP contribution in [0.15, 0.2) is 30.3 Å². The van der Waals surface area contributed by atoms with Crippen LogP contribution in [0.4, 0.5) is 5.69 Å². The van der Waals surface area contributed by atoms with E-state index in [0.717, 1.165) is 19.3 Å². The van der Waals surface area contributed by atoms with E-state index in [1.165, 1.54) is 4.31 Å². The van der Waals surface area contributed by atoms with Crippen molar-refractivity contribution in [2.45, 2.75) is 38.5 Å². The number of hydrogen-bond donors (Lipinski definition) is 2. The van der Waals surface area contributed by atoms with Gasteiger partial charge in [-0.3, -0.25) is 14.3 Å². The highest BCUT2D eigenvalue weighted by Gasteiger charge is 2.17. The summed E-state index contributed by atoms with van der Waals surface area (Å²) in [4.78, 5) is 10.8. The third kappa shape index (κ3) is 6.44. The largest absolute Gasteiger partial charge is 0.289 e. The zero-order valence-corrected chi connectivity index (χ0v) is 13.7. The summed E-state index contributed by atoms with van der Waals surface area (Å²) in [5.74, 6) is -0.262. The number of nitrogens with zero attached hydrogens (tertiary/aromatic N) is 1. The Balaban J connectivity index is 2.25. The van der Waals surface area contributed by atoms with E-state index >= 15 is 0 Å². The molecule has 1 amide bonds. The molecule has 22 heavy (non-hydrogen) atoms. The number of amides is 1. The average Bonchev–Trinajstić information content (AvgIpc) is 2.53. The van der Waals surface area contributed by atoms with Gasteiger partial charge in [-0.05, 0) is 25.0 Å². The molecule has 0 aliphatic carbocycles. The number of sulfonamides is 1. The van der Waals surface area contributed by atoms with Crippen LogP contribution in [0.5, 0.6) is 0 Å². The number of unbranched alkanes of at least 4 members (excludes halogenated alkanes) is 4. The van der Waals surface area contributed by atoms with Crippen molar-refractivity contribution >= 4 is 21.6 Å². The molecule has 0 fully saturated rings. The lowest BCUT2D eigenvalue weighted by atomic mass is 10.1. The van der Waals surface area contributed by atoms with Crippen molar-refractivity contribution in [1.82, 2.24) is 5.48 Å². The molecule has 0 atom stereocenters. The van der Waals surface area contributed by atoms with Gasteiger partial charge in [0.25, 0.3) is 0 Å². The van der Waals surface area contributed by atoms with Crippen LogP contribution < -0.4 is 9.79 Å². The summed E-state index contributed by atoms with van der Waals surface area (Å²) in [5, 5.41) is 8.34. The summed E-state index contributed by atoms with van der Waals surface area (Å²) in [6, 6.07) is 9.00. The Morgan fingerprint density at radius 3 is 2.32 bits per heavy atom. The minimum Gasteiger partial charge on any atom is -0.289 e. The number of rotatable bonds is 10. The fourth-order valence-corrected chi connectivity index (χ4v) is 3.38. The van der Waals surface area contributed by atoms with Crippen molar-refractivity contribution in [3.63, 3.8) is 0 Å². The SMILES string of the molecule is CN(c1ccccc1)S(=O)(=O)CCCCCCCC(=O)NO. The van der Waals surface area contributed by atoms with Gasteiger partial charge in [0.1, 0.15) is 0 Å². The third-order valence-corrected chi connectivity index (χ3v) is 5.32. The molecule has 0 aliphatic rings. The number of benzene rings is 1. The van der Waals surface area contributed by atoms with E-state index in [0.29, 0.717) is 24.9 Å². The summed E-state index contributed by atoms with van der Waals surface area (Å²) >= 11 is 0. The lowest BCUT2D eigenvalue weighted by molar-refractivity contribution is -0.129.